The monoisotopic (exact) mass is 99.1 g/mol. The van der Waals surface area contributed by atoms with E-state index in [1.54, 1.807) is 0 Å². The third kappa shape index (κ3) is 5.96. The molecule has 0 fully saturated rings. The van der Waals surface area contributed by atoms with Gasteiger partial charge in [-0.25, -0.2) is 0 Å². The van der Waals surface area contributed by atoms with Gasteiger partial charge in [0.1, 0.15) is 0 Å². The highest BCUT2D eigenvalue weighted by Crippen LogP contribution is 1.92. The summed E-state index contributed by atoms with van der Waals surface area (Å²) in [5.74, 6) is 0. The van der Waals surface area contributed by atoms with E-state index < -0.39 is 0 Å². The lowest BCUT2D eigenvalue weighted by molar-refractivity contribution is 0.477. The van der Waals surface area contributed by atoms with Crippen molar-refractivity contribution in [3.8, 4) is 0 Å². The van der Waals surface area contributed by atoms with Crippen LogP contribution in [0.15, 0.2) is 0 Å². The first-order chi connectivity index (χ1) is 3.27. The zero-order valence-corrected chi connectivity index (χ0v) is 5.15. The highest BCUT2D eigenvalue weighted by molar-refractivity contribution is 4.59. The molecule has 0 aromatic carbocycles. The molecule has 0 aromatic heterocycles. The second-order valence-corrected chi connectivity index (χ2v) is 1.79. The van der Waals surface area contributed by atoms with E-state index in [2.05, 4.69) is 13.5 Å². The molecule has 7 heavy (non-hydrogen) atoms. The quantitative estimate of drug-likeness (QED) is 0.516. The molecule has 0 N–H and O–H groups in total. The molecule has 0 amide bonds. The van der Waals surface area contributed by atoms with Crippen LogP contribution in [-0.4, -0.2) is 19.0 Å². The molecular weight excluding hydrogens is 86.1 g/mol. The summed E-state index contributed by atoms with van der Waals surface area (Å²) >= 11 is 0. The molecule has 1 heteroatoms. The van der Waals surface area contributed by atoms with Gasteiger partial charge < -0.3 is 4.90 Å². The number of hydrogen-bond donors (Lipinski definition) is 0. The van der Waals surface area contributed by atoms with Crippen LogP contribution in [-0.2, 0) is 0 Å². The topological polar surface area (TPSA) is 3.24 Å². The average molecular weight is 99.2 g/mol. The lowest BCUT2D eigenvalue weighted by Gasteiger charge is -2.04. The fraction of sp³-hybridized carbons (Fsp3) is 0.667. The maximum Gasteiger partial charge on any atom is 0.0245 e. The molecule has 0 spiro atoms. The van der Waals surface area contributed by atoms with Crippen molar-refractivity contribution in [1.82, 2.24) is 4.90 Å². The summed E-state index contributed by atoms with van der Waals surface area (Å²) < 4.78 is 0. The Morgan fingerprint density at radius 2 is 2.14 bits per heavy atom. The fourth-order valence-electron chi connectivity index (χ4n) is 0.349. The molecule has 0 aliphatic rings. The van der Waals surface area contributed by atoms with E-state index in [1.165, 1.54) is 0 Å². The van der Waals surface area contributed by atoms with E-state index in [1.807, 2.05) is 19.0 Å². The Balaban J connectivity index is 2.68. The molecule has 0 unspecified atom stereocenters. The number of nitrogens with zero attached hydrogens (tertiary/aromatic N) is 1. The number of unbranched alkanes of at least 4 members (excludes halogenated alkanes) is 1. The summed E-state index contributed by atoms with van der Waals surface area (Å²) in [6.07, 6.45) is 2.09. The molecule has 42 valence electrons. The Morgan fingerprint density at radius 1 is 1.57 bits per heavy atom. The van der Waals surface area contributed by atoms with Gasteiger partial charge in [0.25, 0.3) is 0 Å². The maximum absolute atomic E-state index is 3.70. The number of hydrogen-bond acceptors (Lipinski definition) is 1. The Hall–Kier alpha value is -0.0400. The molecular formula is C6H13N. The first kappa shape index (κ1) is 6.96. The smallest absolute Gasteiger partial charge is 0.0245 e. The number of rotatable bonds is 3. The third-order valence-corrected chi connectivity index (χ3v) is 0.698. The van der Waals surface area contributed by atoms with E-state index in [4.69, 9.17) is 0 Å². The summed E-state index contributed by atoms with van der Waals surface area (Å²) in [5, 5.41) is 0. The van der Waals surface area contributed by atoms with Gasteiger partial charge in [-0.1, -0.05) is 13.3 Å². The minimum Gasteiger partial charge on any atom is -0.305 e. The van der Waals surface area contributed by atoms with Crippen LogP contribution in [0.1, 0.15) is 12.8 Å². The molecule has 0 heterocycles. The lowest BCUT2D eigenvalue weighted by Crippen LogP contribution is -2.05. The Labute approximate surface area is 46.3 Å². The molecule has 2 radical (unpaired) electrons. The van der Waals surface area contributed by atoms with Crippen molar-refractivity contribution < 1.29 is 0 Å². The van der Waals surface area contributed by atoms with E-state index >= 15 is 0 Å². The minimum atomic E-state index is 0.998. The van der Waals surface area contributed by atoms with Crippen LogP contribution in [0.25, 0.3) is 0 Å². The van der Waals surface area contributed by atoms with Gasteiger partial charge in [0, 0.05) is 6.54 Å². The highest BCUT2D eigenvalue weighted by Gasteiger charge is 1.84. The summed E-state index contributed by atoms with van der Waals surface area (Å²) in [4.78, 5) is 2.05. The molecule has 1 nitrogen and oxygen atoms in total. The van der Waals surface area contributed by atoms with E-state index in [-0.39, 0.29) is 0 Å². The van der Waals surface area contributed by atoms with Crippen LogP contribution < -0.4 is 0 Å². The largest absolute Gasteiger partial charge is 0.305 e. The molecule has 0 rings (SSSR count). The van der Waals surface area contributed by atoms with Gasteiger partial charge in [0.05, 0.1) is 0 Å². The second kappa shape index (κ2) is 4.13. The van der Waals surface area contributed by atoms with Crippen LogP contribution in [0.2, 0.25) is 0 Å². The van der Waals surface area contributed by atoms with E-state index in [0.29, 0.717) is 0 Å². The SMILES string of the molecule is [CH2]CC[CH]N(C)C. The molecule has 0 aromatic rings. The average Bonchev–Trinajstić information content (AvgIpc) is 1.61. The molecule has 0 aliphatic carbocycles. The van der Waals surface area contributed by atoms with Crippen LogP contribution in [0.4, 0.5) is 0 Å². The zero-order valence-electron chi connectivity index (χ0n) is 5.15. The summed E-state index contributed by atoms with van der Waals surface area (Å²) in [6, 6.07) is 0. The van der Waals surface area contributed by atoms with E-state index in [9.17, 15) is 0 Å². The Kier molecular flexibility index (Phi) is 4.10. The van der Waals surface area contributed by atoms with Crippen molar-refractivity contribution in [3.05, 3.63) is 13.5 Å². The first-order valence-corrected chi connectivity index (χ1v) is 2.56. The normalized spacial score (nSPS) is 10.3. The first-order valence-electron chi connectivity index (χ1n) is 2.56. The van der Waals surface area contributed by atoms with Crippen LogP contribution in [0.3, 0.4) is 0 Å². The molecule has 0 bridgehead atoms. The Morgan fingerprint density at radius 3 is 2.29 bits per heavy atom. The zero-order chi connectivity index (χ0) is 5.70. The predicted octanol–water partition coefficient (Wildman–Crippen LogP) is 1.32. The van der Waals surface area contributed by atoms with Crippen molar-refractivity contribution in [2.75, 3.05) is 14.1 Å². The minimum absolute atomic E-state index is 0.998. The van der Waals surface area contributed by atoms with Gasteiger partial charge in [-0.3, -0.25) is 0 Å². The molecule has 0 aliphatic heterocycles. The van der Waals surface area contributed by atoms with Crippen molar-refractivity contribution in [2.24, 2.45) is 0 Å². The van der Waals surface area contributed by atoms with Gasteiger partial charge >= 0.3 is 0 Å². The summed E-state index contributed by atoms with van der Waals surface area (Å²) in [5.41, 5.74) is 0. The predicted molar refractivity (Wildman–Crippen MR) is 32.6 cm³/mol. The van der Waals surface area contributed by atoms with Crippen LogP contribution in [0, 0.1) is 13.5 Å². The van der Waals surface area contributed by atoms with Crippen LogP contribution in [0.5, 0.6) is 0 Å². The highest BCUT2D eigenvalue weighted by atomic mass is 15.0. The van der Waals surface area contributed by atoms with Gasteiger partial charge in [-0.2, -0.15) is 0 Å². The van der Waals surface area contributed by atoms with Crippen molar-refractivity contribution in [2.45, 2.75) is 12.8 Å². The lowest BCUT2D eigenvalue weighted by atomic mass is 10.3. The second-order valence-electron chi connectivity index (χ2n) is 1.79. The van der Waals surface area contributed by atoms with Gasteiger partial charge in [-0.15, -0.1) is 0 Å². The van der Waals surface area contributed by atoms with Crippen LogP contribution >= 0.6 is 0 Å². The van der Waals surface area contributed by atoms with E-state index in [0.717, 1.165) is 12.8 Å². The van der Waals surface area contributed by atoms with Crippen molar-refractivity contribution in [1.29, 1.82) is 0 Å². The molecule has 0 saturated carbocycles. The van der Waals surface area contributed by atoms with Gasteiger partial charge in [0.2, 0.25) is 0 Å². The van der Waals surface area contributed by atoms with Crippen molar-refractivity contribution >= 4 is 0 Å². The van der Waals surface area contributed by atoms with Gasteiger partial charge in [0.15, 0.2) is 0 Å². The molecule has 0 atom stereocenters. The van der Waals surface area contributed by atoms with Crippen molar-refractivity contribution in [3.63, 3.8) is 0 Å². The summed E-state index contributed by atoms with van der Waals surface area (Å²) in [6.45, 7) is 5.82. The fourth-order valence-corrected chi connectivity index (χ4v) is 0.349. The standard InChI is InChI=1S/C6H13N/c1-4-5-6-7(2)3/h6H,1,4-5H2,2-3H3. The summed E-state index contributed by atoms with van der Waals surface area (Å²) in [7, 11) is 4.05. The third-order valence-electron chi connectivity index (χ3n) is 0.698. The molecule has 0 saturated heterocycles. The maximum atomic E-state index is 3.70. The Bertz CT molecular complexity index is 33.2. The van der Waals surface area contributed by atoms with Gasteiger partial charge in [-0.05, 0) is 20.5 Å².